The van der Waals surface area contributed by atoms with Crippen LogP contribution in [0.3, 0.4) is 0 Å². The van der Waals surface area contributed by atoms with Crippen LogP contribution in [0.2, 0.25) is 0 Å². The fourth-order valence-corrected chi connectivity index (χ4v) is 5.77. The molecule has 12 nitrogen and oxygen atoms in total. The van der Waals surface area contributed by atoms with Gasteiger partial charge in [-0.15, -0.1) is 5.10 Å². The Kier molecular flexibility index (Phi) is 7.73. The van der Waals surface area contributed by atoms with E-state index in [1.165, 1.54) is 10.7 Å². The molecule has 2 fully saturated rings. The van der Waals surface area contributed by atoms with E-state index in [0.717, 1.165) is 30.8 Å². The Bertz CT molecular complexity index is 1760. The highest BCUT2D eigenvalue weighted by Crippen LogP contribution is 2.38. The number of fused-ring (bicyclic) bond motifs is 1. The fourth-order valence-electron chi connectivity index (χ4n) is 5.77. The van der Waals surface area contributed by atoms with E-state index in [4.69, 9.17) is 9.47 Å². The van der Waals surface area contributed by atoms with Crippen molar-refractivity contribution in [2.24, 2.45) is 0 Å². The van der Waals surface area contributed by atoms with Crippen molar-refractivity contribution in [2.45, 2.75) is 45.0 Å². The number of halogens is 3. The van der Waals surface area contributed by atoms with E-state index in [1.807, 2.05) is 16.5 Å². The Labute approximate surface area is 250 Å². The van der Waals surface area contributed by atoms with Crippen molar-refractivity contribution in [2.75, 3.05) is 44.3 Å². The van der Waals surface area contributed by atoms with Gasteiger partial charge in [0.15, 0.2) is 6.19 Å². The number of alkyl halides is 3. The Balaban J connectivity index is 1.39. The van der Waals surface area contributed by atoms with Crippen LogP contribution in [-0.4, -0.2) is 73.9 Å². The molecule has 6 heterocycles. The molecule has 1 unspecified atom stereocenters. The zero-order valence-corrected chi connectivity index (χ0v) is 24.1. The number of morpholine rings is 1. The lowest BCUT2D eigenvalue weighted by molar-refractivity contribution is -0.137. The molecule has 1 atom stereocenters. The molecule has 0 aromatic carbocycles. The summed E-state index contributed by atoms with van der Waals surface area (Å²) in [6.45, 7) is 6.65. The zero-order valence-electron chi connectivity index (χ0n) is 24.1. The van der Waals surface area contributed by atoms with Crippen molar-refractivity contribution in [3.8, 4) is 29.3 Å². The summed E-state index contributed by atoms with van der Waals surface area (Å²) in [6.07, 6.45) is 2.18. The molecule has 2 saturated heterocycles. The van der Waals surface area contributed by atoms with Gasteiger partial charge in [-0.1, -0.05) is 5.21 Å². The lowest BCUT2D eigenvalue weighted by atomic mass is 10.0. The van der Waals surface area contributed by atoms with Crippen LogP contribution in [0.15, 0.2) is 30.7 Å². The van der Waals surface area contributed by atoms with Crippen LogP contribution in [0.5, 0.6) is 5.75 Å². The van der Waals surface area contributed by atoms with Gasteiger partial charge in [0.1, 0.15) is 40.5 Å². The molecule has 0 saturated carbocycles. The highest BCUT2D eigenvalue weighted by atomic mass is 19.4. The minimum atomic E-state index is -4.59. The topological polar surface area (TPSA) is 133 Å². The number of anilines is 1. The molecule has 0 bridgehead atoms. The maximum Gasteiger partial charge on any atom is 0.417 e. The van der Waals surface area contributed by atoms with Gasteiger partial charge in [0.05, 0.1) is 36.7 Å². The highest BCUT2D eigenvalue weighted by Gasteiger charge is 2.34. The summed E-state index contributed by atoms with van der Waals surface area (Å²) in [4.78, 5) is 7.81. The summed E-state index contributed by atoms with van der Waals surface area (Å²) in [5.74, 6) is 0.641. The molecule has 2 aliphatic rings. The molecule has 4 aromatic heterocycles. The van der Waals surface area contributed by atoms with E-state index in [9.17, 15) is 23.7 Å². The van der Waals surface area contributed by atoms with Crippen LogP contribution in [0.4, 0.5) is 19.0 Å². The van der Waals surface area contributed by atoms with Gasteiger partial charge in [-0.2, -0.15) is 28.8 Å². The first kappa shape index (κ1) is 29.2. The van der Waals surface area contributed by atoms with Gasteiger partial charge in [0.2, 0.25) is 0 Å². The van der Waals surface area contributed by atoms with E-state index in [-0.39, 0.29) is 22.9 Å². The smallest absolute Gasteiger partial charge is 0.417 e. The van der Waals surface area contributed by atoms with Gasteiger partial charge < -0.3 is 19.3 Å². The Morgan fingerprint density at radius 3 is 2.52 bits per heavy atom. The second-order valence-electron chi connectivity index (χ2n) is 10.8. The fraction of sp³-hybridized carbons (Fsp3) is 0.448. The Morgan fingerprint density at radius 2 is 1.84 bits per heavy atom. The average Bonchev–Trinajstić information content (AvgIpc) is 3.64. The third-order valence-corrected chi connectivity index (χ3v) is 8.12. The summed E-state index contributed by atoms with van der Waals surface area (Å²) in [5, 5.41) is 32.2. The van der Waals surface area contributed by atoms with E-state index in [2.05, 4.69) is 32.7 Å². The second kappa shape index (κ2) is 11.7. The number of pyridine rings is 2. The molecule has 0 amide bonds. The largest absolute Gasteiger partial charge is 0.484 e. The summed E-state index contributed by atoms with van der Waals surface area (Å²) in [5.41, 5.74) is 2.01. The Hall–Kier alpha value is -4.89. The molecule has 0 spiro atoms. The molecule has 4 aromatic rings. The van der Waals surface area contributed by atoms with E-state index >= 15 is 0 Å². The van der Waals surface area contributed by atoms with E-state index in [0.29, 0.717) is 62.0 Å². The van der Waals surface area contributed by atoms with Gasteiger partial charge in [0.25, 0.3) is 0 Å². The van der Waals surface area contributed by atoms with Crippen LogP contribution >= 0.6 is 0 Å². The molecule has 15 heteroatoms. The number of likely N-dealkylation sites (tertiary alicyclic amines) is 1. The SMILES string of the molecule is Cc1c(-c2cc(OC(C)c3cc(C(F)(F)F)cnc3N3CCOCC3)c3c(C#N)cnn3c2)nnn1C1CCN(C#N)CC1. The number of aromatic nitrogens is 6. The molecule has 6 rings (SSSR count). The number of ether oxygens (including phenoxy) is 2. The molecule has 0 radical (unpaired) electrons. The molecule has 228 valence electrons. The lowest BCUT2D eigenvalue weighted by Gasteiger charge is -2.31. The number of nitrogens with zero attached hydrogens (tertiary/aromatic N) is 10. The number of nitriles is 2. The molecular weight excluding hydrogens is 577 g/mol. The van der Waals surface area contributed by atoms with Crippen LogP contribution < -0.4 is 9.64 Å². The van der Waals surface area contributed by atoms with Gasteiger partial charge in [-0.05, 0) is 38.8 Å². The molecule has 44 heavy (non-hydrogen) atoms. The third-order valence-electron chi connectivity index (χ3n) is 8.12. The van der Waals surface area contributed by atoms with Gasteiger partial charge in [0, 0.05) is 49.7 Å². The minimum absolute atomic E-state index is 0.0854. The predicted molar refractivity (Wildman–Crippen MR) is 150 cm³/mol. The summed E-state index contributed by atoms with van der Waals surface area (Å²) >= 11 is 0. The Morgan fingerprint density at radius 1 is 1.09 bits per heavy atom. The van der Waals surface area contributed by atoms with Crippen molar-refractivity contribution >= 4 is 11.3 Å². The zero-order chi connectivity index (χ0) is 31.0. The summed E-state index contributed by atoms with van der Waals surface area (Å²) in [6, 6.07) is 4.98. The molecule has 0 N–H and O–H groups in total. The van der Waals surface area contributed by atoms with Crippen LogP contribution in [0, 0.1) is 29.7 Å². The van der Waals surface area contributed by atoms with Crippen LogP contribution in [0.1, 0.15) is 54.3 Å². The number of hydrogen-bond acceptors (Lipinski definition) is 10. The summed E-state index contributed by atoms with van der Waals surface area (Å²) in [7, 11) is 0. The molecular formula is C29H29F3N10O2. The molecule has 2 aliphatic heterocycles. The minimum Gasteiger partial charge on any atom is -0.484 e. The second-order valence-corrected chi connectivity index (χ2v) is 10.8. The van der Waals surface area contributed by atoms with Gasteiger partial charge in [-0.25, -0.2) is 14.2 Å². The van der Waals surface area contributed by atoms with Gasteiger partial charge in [-0.3, -0.25) is 0 Å². The van der Waals surface area contributed by atoms with Crippen molar-refractivity contribution < 1.29 is 22.6 Å². The van der Waals surface area contributed by atoms with E-state index < -0.39 is 17.8 Å². The monoisotopic (exact) mass is 606 g/mol. The van der Waals surface area contributed by atoms with Gasteiger partial charge >= 0.3 is 6.18 Å². The maximum absolute atomic E-state index is 13.8. The standard InChI is InChI=1S/C29H29F3N10O2/c1-18-26(37-38-42(18)23-3-5-39(17-34)6-4-23)20-11-25(27-21(13-33)14-36-41(27)16-20)44-19(2)24-12-22(29(30,31)32)15-35-28(24)40-7-9-43-10-8-40/h11-12,14-16,19,23H,3-10H2,1-2H3. The predicted octanol–water partition coefficient (Wildman–Crippen LogP) is 4.28. The lowest BCUT2D eigenvalue weighted by Crippen LogP contribution is -2.37. The van der Waals surface area contributed by atoms with Crippen molar-refractivity contribution in [1.29, 1.82) is 10.5 Å². The van der Waals surface area contributed by atoms with Crippen LogP contribution in [0.25, 0.3) is 16.8 Å². The van der Waals surface area contributed by atoms with Crippen LogP contribution in [-0.2, 0) is 10.9 Å². The number of hydrogen-bond donors (Lipinski definition) is 0. The average molecular weight is 607 g/mol. The van der Waals surface area contributed by atoms with Crippen molar-refractivity contribution in [3.63, 3.8) is 0 Å². The first-order valence-corrected chi connectivity index (χ1v) is 14.2. The normalized spacial score (nSPS) is 17.0. The summed E-state index contributed by atoms with van der Waals surface area (Å²) < 4.78 is 56.5. The van der Waals surface area contributed by atoms with Crippen molar-refractivity contribution in [1.82, 2.24) is 34.5 Å². The third kappa shape index (κ3) is 5.46. The molecule has 0 aliphatic carbocycles. The highest BCUT2D eigenvalue weighted by molar-refractivity contribution is 5.75. The van der Waals surface area contributed by atoms with Crippen molar-refractivity contribution in [3.05, 3.63) is 53.1 Å². The maximum atomic E-state index is 13.8. The number of rotatable bonds is 6. The quantitative estimate of drug-likeness (QED) is 0.293. The van der Waals surface area contributed by atoms with E-state index in [1.54, 1.807) is 24.1 Å². The first-order chi connectivity index (χ1) is 21.2. The number of piperidine rings is 1. The first-order valence-electron chi connectivity index (χ1n) is 14.2.